The zero-order chi connectivity index (χ0) is 10.8. The average Bonchev–Trinajstić information content (AvgIpc) is 2.77. The zero-order valence-corrected chi connectivity index (χ0v) is 9.33. The second-order valence-electron chi connectivity index (χ2n) is 3.96. The van der Waals surface area contributed by atoms with Crippen molar-refractivity contribution in [2.24, 2.45) is 5.73 Å². The molecule has 2 amide bonds. The van der Waals surface area contributed by atoms with Crippen LogP contribution in [0.2, 0.25) is 0 Å². The molecule has 1 atom stereocenters. The molecule has 2 rings (SSSR count). The van der Waals surface area contributed by atoms with Crippen LogP contribution in [-0.4, -0.2) is 58.9 Å². The molecule has 0 unspecified atom stereocenters. The molecule has 0 radical (unpaired) electrons. The van der Waals surface area contributed by atoms with Gasteiger partial charge in [0.25, 0.3) is 0 Å². The molecule has 2 aliphatic heterocycles. The maximum absolute atomic E-state index is 11.8. The smallest absolute Gasteiger partial charge is 0.242 e. The summed E-state index contributed by atoms with van der Waals surface area (Å²) in [6.07, 6.45) is 0.869. The van der Waals surface area contributed by atoms with Gasteiger partial charge in [-0.15, -0.1) is 11.8 Å². The van der Waals surface area contributed by atoms with Gasteiger partial charge in [0.1, 0.15) is 6.54 Å². The third-order valence-corrected chi connectivity index (χ3v) is 3.67. The molecule has 84 valence electrons. The fourth-order valence-electron chi connectivity index (χ4n) is 1.82. The summed E-state index contributed by atoms with van der Waals surface area (Å²) in [6.45, 7) is 1.59. The minimum absolute atomic E-state index is 0.0267. The number of rotatable bonds is 2. The van der Waals surface area contributed by atoms with E-state index in [1.807, 2.05) is 0 Å². The van der Waals surface area contributed by atoms with Crippen molar-refractivity contribution < 1.29 is 9.59 Å². The summed E-state index contributed by atoms with van der Waals surface area (Å²) < 4.78 is 0. The highest BCUT2D eigenvalue weighted by atomic mass is 32.2. The molecule has 0 aliphatic carbocycles. The predicted molar refractivity (Wildman–Crippen MR) is 58.2 cm³/mol. The van der Waals surface area contributed by atoms with Crippen LogP contribution in [0.4, 0.5) is 0 Å². The largest absolute Gasteiger partial charge is 0.340 e. The van der Waals surface area contributed by atoms with Gasteiger partial charge in [-0.2, -0.15) is 0 Å². The van der Waals surface area contributed by atoms with Crippen molar-refractivity contribution in [1.29, 1.82) is 0 Å². The van der Waals surface area contributed by atoms with E-state index in [1.165, 1.54) is 0 Å². The first-order chi connectivity index (χ1) is 7.16. The molecule has 0 bridgehead atoms. The topological polar surface area (TPSA) is 66.6 Å². The Bertz CT molecular complexity index is 285. The quantitative estimate of drug-likeness (QED) is 0.665. The van der Waals surface area contributed by atoms with Crippen LogP contribution in [0.5, 0.6) is 0 Å². The van der Waals surface area contributed by atoms with Crippen molar-refractivity contribution in [3.05, 3.63) is 0 Å². The first-order valence-electron chi connectivity index (χ1n) is 5.05. The number of nitrogens with zero attached hydrogens (tertiary/aromatic N) is 2. The fourth-order valence-corrected chi connectivity index (χ4v) is 2.72. The Kier molecular flexibility index (Phi) is 3.16. The molecule has 15 heavy (non-hydrogen) atoms. The van der Waals surface area contributed by atoms with Crippen LogP contribution in [0.25, 0.3) is 0 Å². The van der Waals surface area contributed by atoms with Crippen molar-refractivity contribution >= 4 is 23.6 Å². The molecule has 2 heterocycles. The highest BCUT2D eigenvalue weighted by molar-refractivity contribution is 8.00. The monoisotopic (exact) mass is 229 g/mol. The number of nitrogens with two attached hydrogens (primary N) is 1. The molecule has 0 aromatic rings. The predicted octanol–water partition coefficient (Wildman–Crippen LogP) is -0.921. The van der Waals surface area contributed by atoms with E-state index in [9.17, 15) is 9.59 Å². The van der Waals surface area contributed by atoms with Crippen LogP contribution in [0.1, 0.15) is 6.42 Å². The van der Waals surface area contributed by atoms with Crippen LogP contribution in [0, 0.1) is 0 Å². The molecular formula is C9H15N3O2S. The normalized spacial score (nSPS) is 26.5. The van der Waals surface area contributed by atoms with E-state index in [0.29, 0.717) is 18.2 Å². The molecule has 5 nitrogen and oxygen atoms in total. The molecule has 0 aromatic carbocycles. The molecule has 0 spiro atoms. The number of thioether (sulfide) groups is 1. The lowest BCUT2D eigenvalue weighted by atomic mass is 10.3. The van der Waals surface area contributed by atoms with E-state index < -0.39 is 0 Å². The molecular weight excluding hydrogens is 214 g/mol. The van der Waals surface area contributed by atoms with Gasteiger partial charge in [0, 0.05) is 19.1 Å². The maximum Gasteiger partial charge on any atom is 0.242 e. The molecule has 2 fully saturated rings. The van der Waals surface area contributed by atoms with Crippen molar-refractivity contribution in [3.8, 4) is 0 Å². The van der Waals surface area contributed by atoms with E-state index in [-0.39, 0.29) is 24.4 Å². The average molecular weight is 229 g/mol. The Morgan fingerprint density at radius 1 is 1.60 bits per heavy atom. The van der Waals surface area contributed by atoms with Gasteiger partial charge in [0.15, 0.2) is 0 Å². The second kappa shape index (κ2) is 4.40. The number of hydrogen-bond donors (Lipinski definition) is 1. The van der Waals surface area contributed by atoms with Crippen molar-refractivity contribution in [2.45, 2.75) is 12.5 Å². The number of hydrogen-bond acceptors (Lipinski definition) is 4. The number of carbonyl (C=O) groups excluding carboxylic acids is 2. The third kappa shape index (κ3) is 2.43. The van der Waals surface area contributed by atoms with Gasteiger partial charge < -0.3 is 15.5 Å². The molecule has 0 aromatic heterocycles. The second-order valence-corrected chi connectivity index (χ2v) is 4.91. The SMILES string of the molecule is N[C@H]1CCN(C(=O)CN2CSCC2=O)C1. The lowest BCUT2D eigenvalue weighted by molar-refractivity contribution is -0.137. The van der Waals surface area contributed by atoms with Crippen molar-refractivity contribution in [3.63, 3.8) is 0 Å². The highest BCUT2D eigenvalue weighted by Crippen LogP contribution is 2.15. The standard InChI is InChI=1S/C9H15N3O2S/c10-7-1-2-11(3-7)8(13)4-12-6-15-5-9(12)14/h7H,1-6,10H2/t7-/m0/s1. The Morgan fingerprint density at radius 3 is 2.93 bits per heavy atom. The summed E-state index contributed by atoms with van der Waals surface area (Å²) in [5.41, 5.74) is 5.72. The summed E-state index contributed by atoms with van der Waals surface area (Å²) in [7, 11) is 0. The lowest BCUT2D eigenvalue weighted by Crippen LogP contribution is -2.40. The molecule has 2 aliphatic rings. The number of carbonyl (C=O) groups is 2. The number of amides is 2. The molecule has 2 N–H and O–H groups in total. The summed E-state index contributed by atoms with van der Waals surface area (Å²) in [6, 6.07) is 0.109. The summed E-state index contributed by atoms with van der Waals surface area (Å²) >= 11 is 1.56. The number of likely N-dealkylation sites (tertiary alicyclic amines) is 1. The minimum atomic E-state index is 0.0267. The van der Waals surface area contributed by atoms with Gasteiger partial charge >= 0.3 is 0 Å². The zero-order valence-electron chi connectivity index (χ0n) is 8.52. The van der Waals surface area contributed by atoms with E-state index in [0.717, 1.165) is 13.0 Å². The van der Waals surface area contributed by atoms with E-state index in [2.05, 4.69) is 0 Å². The fraction of sp³-hybridized carbons (Fsp3) is 0.778. The van der Waals surface area contributed by atoms with Crippen molar-refractivity contribution in [2.75, 3.05) is 31.3 Å². The highest BCUT2D eigenvalue weighted by Gasteiger charge is 2.28. The molecule has 2 saturated heterocycles. The first-order valence-corrected chi connectivity index (χ1v) is 6.21. The van der Waals surface area contributed by atoms with Gasteiger partial charge in [0.05, 0.1) is 11.6 Å². The first kappa shape index (κ1) is 10.8. The van der Waals surface area contributed by atoms with Crippen molar-refractivity contribution in [1.82, 2.24) is 9.80 Å². The van der Waals surface area contributed by atoms with E-state index in [4.69, 9.17) is 5.73 Å². The van der Waals surface area contributed by atoms with Gasteiger partial charge in [-0.1, -0.05) is 0 Å². The third-order valence-electron chi connectivity index (χ3n) is 2.73. The maximum atomic E-state index is 11.8. The Labute approximate surface area is 93.0 Å². The van der Waals surface area contributed by atoms with Crippen LogP contribution in [0.3, 0.4) is 0 Å². The summed E-state index contributed by atoms with van der Waals surface area (Å²) in [5.74, 6) is 1.24. The van der Waals surface area contributed by atoms with Crippen LogP contribution in [-0.2, 0) is 9.59 Å². The molecule has 0 saturated carbocycles. The van der Waals surface area contributed by atoms with Gasteiger partial charge in [0.2, 0.25) is 11.8 Å². The minimum Gasteiger partial charge on any atom is -0.340 e. The van der Waals surface area contributed by atoms with Gasteiger partial charge in [-0.25, -0.2) is 0 Å². The van der Waals surface area contributed by atoms with Crippen LogP contribution < -0.4 is 5.73 Å². The van der Waals surface area contributed by atoms with Gasteiger partial charge in [-0.05, 0) is 6.42 Å². The Balaban J connectivity index is 1.84. The lowest BCUT2D eigenvalue weighted by Gasteiger charge is -2.20. The summed E-state index contributed by atoms with van der Waals surface area (Å²) in [5, 5.41) is 0. The van der Waals surface area contributed by atoms with Crippen LogP contribution >= 0.6 is 11.8 Å². The van der Waals surface area contributed by atoms with Gasteiger partial charge in [-0.3, -0.25) is 9.59 Å². The van der Waals surface area contributed by atoms with Crippen LogP contribution in [0.15, 0.2) is 0 Å². The molecule has 6 heteroatoms. The van der Waals surface area contributed by atoms with E-state index in [1.54, 1.807) is 21.6 Å². The van der Waals surface area contributed by atoms with E-state index >= 15 is 0 Å². The Morgan fingerprint density at radius 2 is 2.40 bits per heavy atom. The summed E-state index contributed by atoms with van der Waals surface area (Å²) in [4.78, 5) is 26.4. The Hall–Kier alpha value is -0.750.